The predicted molar refractivity (Wildman–Crippen MR) is 84.8 cm³/mol. The molecule has 0 unspecified atom stereocenters. The van der Waals surface area contributed by atoms with Gasteiger partial charge in [0.15, 0.2) is 0 Å². The number of carbonyl (C=O) groups is 1. The molecule has 0 amide bonds. The van der Waals surface area contributed by atoms with Crippen molar-refractivity contribution < 1.29 is 9.90 Å². The molecule has 3 nitrogen and oxygen atoms in total. The third-order valence-corrected chi connectivity index (χ3v) is 3.50. The number of nitrogens with zero attached hydrogens (tertiary/aromatic N) is 1. The average molecular weight is 281 g/mol. The minimum atomic E-state index is -0.799. The van der Waals surface area contributed by atoms with Gasteiger partial charge in [0.1, 0.15) is 0 Å². The maximum atomic E-state index is 10.7. The van der Waals surface area contributed by atoms with Crippen molar-refractivity contribution in [3.05, 3.63) is 0 Å². The maximum absolute atomic E-state index is 10.7. The van der Waals surface area contributed by atoms with E-state index in [1.807, 2.05) is 4.90 Å². The summed E-state index contributed by atoms with van der Waals surface area (Å²) in [5, 5.41) is 8.76. The van der Waals surface area contributed by atoms with Crippen LogP contribution in [-0.2, 0) is 4.79 Å². The fraction of sp³-hybridized carbons (Fsp3) is 0.824. The quantitative estimate of drug-likeness (QED) is 0.387. The Morgan fingerprint density at radius 1 is 1.00 bits per heavy atom. The van der Waals surface area contributed by atoms with Crippen molar-refractivity contribution in [2.24, 2.45) is 0 Å². The standard InChI is InChI=1S/C17H31NO2/c1-3-5-6-7-8-9-10-11-12-13-15-18(14-4-2)16-17(19)20/h2H,3,5-16H2,1H3,(H,19,20). The van der Waals surface area contributed by atoms with Gasteiger partial charge in [0.2, 0.25) is 0 Å². The van der Waals surface area contributed by atoms with Crippen LogP contribution in [0.4, 0.5) is 0 Å². The van der Waals surface area contributed by atoms with Crippen molar-refractivity contribution in [1.82, 2.24) is 4.90 Å². The SMILES string of the molecule is C#CCN(CCCCCCCCCCCC)CC(=O)O. The normalized spacial score (nSPS) is 10.7. The lowest BCUT2D eigenvalue weighted by Gasteiger charge is -2.16. The van der Waals surface area contributed by atoms with Crippen molar-refractivity contribution in [3.8, 4) is 12.3 Å². The molecule has 0 aromatic carbocycles. The zero-order valence-electron chi connectivity index (χ0n) is 13.1. The van der Waals surface area contributed by atoms with E-state index in [0.29, 0.717) is 6.54 Å². The Balaban J connectivity index is 3.36. The molecule has 0 atom stereocenters. The number of aliphatic carboxylic acids is 1. The molecular formula is C17H31NO2. The number of unbranched alkanes of at least 4 members (excludes halogenated alkanes) is 9. The highest BCUT2D eigenvalue weighted by atomic mass is 16.4. The highest BCUT2D eigenvalue weighted by molar-refractivity contribution is 5.69. The number of carboxylic acid groups (broad SMARTS) is 1. The molecule has 116 valence electrons. The monoisotopic (exact) mass is 281 g/mol. The van der Waals surface area contributed by atoms with Crippen LogP contribution in [0.1, 0.15) is 71.1 Å². The van der Waals surface area contributed by atoms with Gasteiger partial charge in [-0.05, 0) is 13.0 Å². The van der Waals surface area contributed by atoms with Crippen LogP contribution < -0.4 is 0 Å². The first kappa shape index (κ1) is 19.0. The molecule has 0 heterocycles. The molecule has 0 spiro atoms. The zero-order valence-corrected chi connectivity index (χ0v) is 13.1. The molecule has 0 saturated carbocycles. The average Bonchev–Trinajstić information content (AvgIpc) is 2.40. The second-order valence-corrected chi connectivity index (χ2v) is 5.49. The highest BCUT2D eigenvalue weighted by Crippen LogP contribution is 2.10. The smallest absolute Gasteiger partial charge is 0.317 e. The molecule has 0 aliphatic carbocycles. The molecule has 0 fully saturated rings. The molecule has 0 aliphatic rings. The van der Waals surface area contributed by atoms with Crippen LogP contribution in [0.15, 0.2) is 0 Å². The molecule has 0 radical (unpaired) electrons. The van der Waals surface area contributed by atoms with Crippen molar-refractivity contribution in [2.45, 2.75) is 71.1 Å². The van der Waals surface area contributed by atoms with Gasteiger partial charge in [-0.3, -0.25) is 9.69 Å². The van der Waals surface area contributed by atoms with Gasteiger partial charge in [-0.15, -0.1) is 6.42 Å². The van der Waals surface area contributed by atoms with Crippen LogP contribution in [0.25, 0.3) is 0 Å². The van der Waals surface area contributed by atoms with E-state index < -0.39 is 5.97 Å². The van der Waals surface area contributed by atoms with Crippen molar-refractivity contribution in [1.29, 1.82) is 0 Å². The topological polar surface area (TPSA) is 40.5 Å². The van der Waals surface area contributed by atoms with Crippen molar-refractivity contribution in [3.63, 3.8) is 0 Å². The van der Waals surface area contributed by atoms with Crippen molar-refractivity contribution in [2.75, 3.05) is 19.6 Å². The molecule has 1 N–H and O–H groups in total. The Labute approximate surface area is 124 Å². The fourth-order valence-electron chi connectivity index (χ4n) is 2.36. The lowest BCUT2D eigenvalue weighted by atomic mass is 10.1. The lowest BCUT2D eigenvalue weighted by Crippen LogP contribution is -2.31. The number of carboxylic acids is 1. The van der Waals surface area contributed by atoms with E-state index in [4.69, 9.17) is 11.5 Å². The Kier molecular flexibility index (Phi) is 13.7. The van der Waals surface area contributed by atoms with E-state index in [2.05, 4.69) is 12.8 Å². The summed E-state index contributed by atoms with van der Waals surface area (Å²) >= 11 is 0. The minimum Gasteiger partial charge on any atom is -0.480 e. The molecule has 0 bridgehead atoms. The van der Waals surface area contributed by atoms with E-state index >= 15 is 0 Å². The van der Waals surface area contributed by atoms with Gasteiger partial charge < -0.3 is 5.11 Å². The molecule has 0 saturated heterocycles. The molecular weight excluding hydrogens is 250 g/mol. The van der Waals surface area contributed by atoms with E-state index in [-0.39, 0.29) is 6.54 Å². The number of hydrogen-bond donors (Lipinski definition) is 1. The van der Waals surface area contributed by atoms with E-state index in [1.54, 1.807) is 0 Å². The second kappa shape index (κ2) is 14.4. The van der Waals surface area contributed by atoms with Gasteiger partial charge in [-0.1, -0.05) is 70.6 Å². The third-order valence-electron chi connectivity index (χ3n) is 3.50. The number of hydrogen-bond acceptors (Lipinski definition) is 2. The molecule has 0 aromatic heterocycles. The Hall–Kier alpha value is -1.01. The molecule has 20 heavy (non-hydrogen) atoms. The van der Waals surface area contributed by atoms with Gasteiger partial charge in [0.05, 0.1) is 13.1 Å². The predicted octanol–water partition coefficient (Wildman–Crippen LogP) is 3.93. The third kappa shape index (κ3) is 13.4. The number of terminal acetylenes is 1. The zero-order chi connectivity index (χ0) is 15.1. The van der Waals surface area contributed by atoms with Crippen LogP contribution in [-0.4, -0.2) is 35.6 Å². The summed E-state index contributed by atoms with van der Waals surface area (Å²) in [6.07, 6.45) is 18.2. The van der Waals surface area contributed by atoms with E-state index in [9.17, 15) is 4.79 Å². The first-order chi connectivity index (χ1) is 9.70. The van der Waals surface area contributed by atoms with Gasteiger partial charge >= 0.3 is 5.97 Å². The van der Waals surface area contributed by atoms with Crippen LogP contribution in [0.2, 0.25) is 0 Å². The summed E-state index contributed by atoms with van der Waals surface area (Å²) in [7, 11) is 0. The van der Waals surface area contributed by atoms with Gasteiger partial charge in [0, 0.05) is 0 Å². The van der Waals surface area contributed by atoms with Crippen molar-refractivity contribution >= 4 is 5.97 Å². The first-order valence-electron chi connectivity index (χ1n) is 8.08. The summed E-state index contributed by atoms with van der Waals surface area (Å²) in [5.74, 6) is 1.72. The van der Waals surface area contributed by atoms with Crippen LogP contribution >= 0.6 is 0 Å². The van der Waals surface area contributed by atoms with E-state index in [1.165, 1.54) is 57.8 Å². The highest BCUT2D eigenvalue weighted by Gasteiger charge is 2.07. The van der Waals surface area contributed by atoms with E-state index in [0.717, 1.165) is 13.0 Å². The Morgan fingerprint density at radius 2 is 1.50 bits per heavy atom. The summed E-state index contributed by atoms with van der Waals surface area (Å²) in [6.45, 7) is 3.53. The van der Waals surface area contributed by atoms with Crippen LogP contribution in [0.5, 0.6) is 0 Å². The molecule has 0 rings (SSSR count). The van der Waals surface area contributed by atoms with Gasteiger partial charge in [-0.25, -0.2) is 0 Å². The lowest BCUT2D eigenvalue weighted by molar-refractivity contribution is -0.138. The second-order valence-electron chi connectivity index (χ2n) is 5.49. The number of rotatable bonds is 14. The molecule has 3 heteroatoms. The van der Waals surface area contributed by atoms with Gasteiger partial charge in [-0.2, -0.15) is 0 Å². The Bertz CT molecular complexity index is 271. The maximum Gasteiger partial charge on any atom is 0.317 e. The minimum absolute atomic E-state index is 0.0572. The van der Waals surface area contributed by atoms with Crippen LogP contribution in [0, 0.1) is 12.3 Å². The summed E-state index contributed by atoms with van der Waals surface area (Å²) in [4.78, 5) is 12.5. The Morgan fingerprint density at radius 3 is 1.95 bits per heavy atom. The first-order valence-corrected chi connectivity index (χ1v) is 8.08. The largest absolute Gasteiger partial charge is 0.480 e. The molecule has 0 aromatic rings. The summed E-state index contributed by atoms with van der Waals surface area (Å²) in [5.41, 5.74) is 0. The summed E-state index contributed by atoms with van der Waals surface area (Å²) in [6, 6.07) is 0. The van der Waals surface area contributed by atoms with Crippen LogP contribution in [0.3, 0.4) is 0 Å². The summed E-state index contributed by atoms with van der Waals surface area (Å²) < 4.78 is 0. The fourth-order valence-corrected chi connectivity index (χ4v) is 2.36. The molecule has 0 aliphatic heterocycles. The van der Waals surface area contributed by atoms with Gasteiger partial charge in [0.25, 0.3) is 0 Å².